The van der Waals surface area contributed by atoms with Crippen LogP contribution in [0.1, 0.15) is 5.69 Å². The molecule has 17 heavy (non-hydrogen) atoms. The molecule has 0 fully saturated rings. The lowest BCUT2D eigenvalue weighted by Crippen LogP contribution is -2.09. The molecule has 7 heteroatoms. The Hall–Kier alpha value is -2.05. The summed E-state index contributed by atoms with van der Waals surface area (Å²) in [5.74, 6) is 0.554. The first-order chi connectivity index (χ1) is 7.95. The zero-order valence-corrected chi connectivity index (χ0v) is 8.86. The van der Waals surface area contributed by atoms with Crippen LogP contribution in [-0.2, 0) is 13.2 Å². The van der Waals surface area contributed by atoms with Crippen molar-refractivity contribution in [2.24, 2.45) is 7.05 Å². The highest BCUT2D eigenvalue weighted by Crippen LogP contribution is 2.28. The van der Waals surface area contributed by atoms with Gasteiger partial charge in [-0.15, -0.1) is 0 Å². The minimum Gasteiger partial charge on any atom is -0.323 e. The molecule has 2 aromatic heterocycles. The lowest BCUT2D eigenvalue weighted by atomic mass is 10.3. The van der Waals surface area contributed by atoms with Crippen LogP contribution in [0.4, 0.5) is 24.8 Å². The topological polar surface area (TPSA) is 42.7 Å². The van der Waals surface area contributed by atoms with Gasteiger partial charge in [0.2, 0.25) is 0 Å². The number of alkyl halides is 3. The maximum atomic E-state index is 12.4. The first-order valence-electron chi connectivity index (χ1n) is 4.76. The van der Waals surface area contributed by atoms with Crippen LogP contribution in [0, 0.1) is 0 Å². The van der Waals surface area contributed by atoms with Crippen molar-refractivity contribution in [2.75, 3.05) is 5.32 Å². The van der Waals surface area contributed by atoms with E-state index in [1.807, 2.05) is 0 Å². The summed E-state index contributed by atoms with van der Waals surface area (Å²) < 4.78 is 38.7. The van der Waals surface area contributed by atoms with Gasteiger partial charge in [-0.05, 0) is 12.1 Å². The van der Waals surface area contributed by atoms with Crippen molar-refractivity contribution in [1.29, 1.82) is 0 Å². The van der Waals surface area contributed by atoms with Gasteiger partial charge in [-0.1, -0.05) is 6.07 Å². The Labute approximate surface area is 95.1 Å². The second-order valence-electron chi connectivity index (χ2n) is 3.41. The number of pyridine rings is 1. The molecule has 0 bridgehead atoms. The van der Waals surface area contributed by atoms with Crippen LogP contribution in [-0.4, -0.2) is 14.8 Å². The number of aryl methyl sites for hydroxylation is 1. The molecule has 0 saturated heterocycles. The predicted octanol–water partition coefficient (Wildman–Crippen LogP) is 2.58. The maximum absolute atomic E-state index is 12.4. The molecule has 4 nitrogen and oxygen atoms in total. The smallest absolute Gasteiger partial charge is 0.323 e. The quantitative estimate of drug-likeness (QED) is 0.880. The minimum atomic E-state index is -4.44. The molecule has 0 aliphatic rings. The van der Waals surface area contributed by atoms with Crippen LogP contribution in [0.2, 0.25) is 0 Å². The third-order valence-electron chi connectivity index (χ3n) is 2.01. The van der Waals surface area contributed by atoms with Crippen LogP contribution < -0.4 is 5.32 Å². The highest BCUT2D eigenvalue weighted by Gasteiger charge is 2.32. The Kier molecular flexibility index (Phi) is 2.74. The first kappa shape index (κ1) is 11.4. The van der Waals surface area contributed by atoms with Gasteiger partial charge >= 0.3 is 6.18 Å². The fourth-order valence-electron chi connectivity index (χ4n) is 1.28. The van der Waals surface area contributed by atoms with E-state index in [4.69, 9.17) is 0 Å². The summed E-state index contributed by atoms with van der Waals surface area (Å²) in [6, 6.07) is 5.30. The lowest BCUT2D eigenvalue weighted by Gasteiger charge is -2.07. The van der Waals surface area contributed by atoms with Gasteiger partial charge in [0.15, 0.2) is 5.82 Å². The van der Waals surface area contributed by atoms with Crippen molar-refractivity contribution < 1.29 is 13.2 Å². The molecular weight excluding hydrogens is 233 g/mol. The van der Waals surface area contributed by atoms with Crippen molar-refractivity contribution in [3.05, 3.63) is 36.2 Å². The molecule has 2 heterocycles. The molecule has 0 amide bonds. The van der Waals surface area contributed by atoms with E-state index < -0.39 is 11.9 Å². The van der Waals surface area contributed by atoms with Crippen LogP contribution in [0.5, 0.6) is 0 Å². The molecule has 0 radical (unpaired) electrons. The summed E-state index contributed by atoms with van der Waals surface area (Å²) in [6.07, 6.45) is -2.77. The number of halogens is 3. The highest BCUT2D eigenvalue weighted by atomic mass is 19.4. The van der Waals surface area contributed by atoms with Crippen LogP contribution in [0.25, 0.3) is 0 Å². The summed E-state index contributed by atoms with van der Waals surface area (Å²) in [6.45, 7) is 0. The summed E-state index contributed by atoms with van der Waals surface area (Å²) in [7, 11) is 1.71. The van der Waals surface area contributed by atoms with E-state index in [2.05, 4.69) is 15.4 Å². The van der Waals surface area contributed by atoms with Crippen molar-refractivity contribution in [3.8, 4) is 0 Å². The molecule has 1 N–H and O–H groups in total. The van der Waals surface area contributed by atoms with E-state index in [0.29, 0.717) is 5.82 Å². The molecule has 0 aliphatic heterocycles. The Morgan fingerprint density at radius 3 is 2.53 bits per heavy atom. The zero-order valence-electron chi connectivity index (χ0n) is 8.86. The molecule has 0 aromatic carbocycles. The van der Waals surface area contributed by atoms with Gasteiger partial charge in [-0.3, -0.25) is 4.68 Å². The summed E-state index contributed by atoms with van der Waals surface area (Å²) >= 11 is 0. The van der Waals surface area contributed by atoms with Gasteiger partial charge < -0.3 is 5.32 Å². The standard InChI is InChI=1S/C10H9F3N4/c1-17-6-5-9(16-17)15-8-4-2-3-7(14-8)10(11,12)13/h2-6H,1H3,(H,14,15,16). The first-order valence-corrected chi connectivity index (χ1v) is 4.76. The molecule has 0 aliphatic carbocycles. The largest absolute Gasteiger partial charge is 0.433 e. The molecule has 0 unspecified atom stereocenters. The molecular formula is C10H9F3N4. The third kappa shape index (κ3) is 2.74. The minimum absolute atomic E-state index is 0.110. The fraction of sp³-hybridized carbons (Fsp3) is 0.200. The van der Waals surface area contributed by atoms with Gasteiger partial charge in [0, 0.05) is 19.3 Å². The van der Waals surface area contributed by atoms with Crippen molar-refractivity contribution in [1.82, 2.24) is 14.8 Å². The average molecular weight is 242 g/mol. The molecule has 2 aromatic rings. The summed E-state index contributed by atoms with van der Waals surface area (Å²) in [4.78, 5) is 3.46. The normalized spacial score (nSPS) is 11.5. The molecule has 0 spiro atoms. The number of hydrogen-bond donors (Lipinski definition) is 1. The molecule has 2 rings (SSSR count). The fourth-order valence-corrected chi connectivity index (χ4v) is 1.28. The second kappa shape index (κ2) is 4.08. The Balaban J connectivity index is 2.22. The third-order valence-corrected chi connectivity index (χ3v) is 2.01. The van der Waals surface area contributed by atoms with E-state index in [1.165, 1.54) is 16.8 Å². The van der Waals surface area contributed by atoms with Gasteiger partial charge in [-0.25, -0.2) is 4.98 Å². The molecule has 0 atom stereocenters. The van der Waals surface area contributed by atoms with E-state index in [0.717, 1.165) is 6.07 Å². The van der Waals surface area contributed by atoms with Gasteiger partial charge in [0.05, 0.1) is 0 Å². The molecule has 90 valence electrons. The van der Waals surface area contributed by atoms with Crippen LogP contribution >= 0.6 is 0 Å². The van der Waals surface area contributed by atoms with Crippen LogP contribution in [0.3, 0.4) is 0 Å². The summed E-state index contributed by atoms with van der Waals surface area (Å²) in [5.41, 5.74) is -0.932. The predicted molar refractivity (Wildman–Crippen MR) is 55.7 cm³/mol. The van der Waals surface area contributed by atoms with E-state index in [-0.39, 0.29) is 5.82 Å². The van der Waals surface area contributed by atoms with Crippen molar-refractivity contribution >= 4 is 11.6 Å². The van der Waals surface area contributed by atoms with Gasteiger partial charge in [0.25, 0.3) is 0 Å². The lowest BCUT2D eigenvalue weighted by molar-refractivity contribution is -0.141. The Bertz CT molecular complexity index is 518. The monoisotopic (exact) mass is 242 g/mol. The maximum Gasteiger partial charge on any atom is 0.433 e. The molecule has 0 saturated carbocycles. The van der Waals surface area contributed by atoms with Crippen molar-refractivity contribution in [2.45, 2.75) is 6.18 Å². The number of rotatable bonds is 2. The zero-order chi connectivity index (χ0) is 12.5. The van der Waals surface area contributed by atoms with Gasteiger partial charge in [0.1, 0.15) is 11.5 Å². The average Bonchev–Trinajstić information content (AvgIpc) is 2.63. The number of nitrogens with one attached hydrogen (secondary N) is 1. The number of nitrogens with zero attached hydrogens (tertiary/aromatic N) is 3. The van der Waals surface area contributed by atoms with Crippen LogP contribution in [0.15, 0.2) is 30.5 Å². The van der Waals surface area contributed by atoms with Gasteiger partial charge in [-0.2, -0.15) is 18.3 Å². The SMILES string of the molecule is Cn1ccc(Nc2cccc(C(F)(F)F)n2)n1. The van der Waals surface area contributed by atoms with E-state index in [1.54, 1.807) is 19.3 Å². The van der Waals surface area contributed by atoms with Crippen molar-refractivity contribution in [3.63, 3.8) is 0 Å². The second-order valence-corrected chi connectivity index (χ2v) is 3.41. The van der Waals surface area contributed by atoms with E-state index in [9.17, 15) is 13.2 Å². The van der Waals surface area contributed by atoms with E-state index >= 15 is 0 Å². The summed E-state index contributed by atoms with van der Waals surface area (Å²) in [5, 5.41) is 6.68. The highest BCUT2D eigenvalue weighted by molar-refractivity contribution is 5.50. The number of anilines is 2. The Morgan fingerprint density at radius 1 is 1.18 bits per heavy atom. The number of hydrogen-bond acceptors (Lipinski definition) is 3. The Morgan fingerprint density at radius 2 is 1.94 bits per heavy atom. The number of aromatic nitrogens is 3.